The van der Waals surface area contributed by atoms with Crippen LogP contribution < -0.4 is 4.90 Å². The summed E-state index contributed by atoms with van der Waals surface area (Å²) in [6, 6.07) is 7.01. The number of rotatable bonds is 2. The van der Waals surface area contributed by atoms with E-state index in [4.69, 9.17) is 16.3 Å². The number of halogens is 1. The highest BCUT2D eigenvalue weighted by Crippen LogP contribution is 2.25. The fourth-order valence-corrected chi connectivity index (χ4v) is 2.20. The summed E-state index contributed by atoms with van der Waals surface area (Å²) in [5.41, 5.74) is 0.762. The van der Waals surface area contributed by atoms with Gasteiger partial charge in [0.15, 0.2) is 0 Å². The van der Waals surface area contributed by atoms with Gasteiger partial charge in [0.05, 0.1) is 13.0 Å². The zero-order valence-electron chi connectivity index (χ0n) is 10.1. The molecule has 1 fully saturated rings. The van der Waals surface area contributed by atoms with Crippen LogP contribution >= 0.6 is 11.6 Å². The van der Waals surface area contributed by atoms with Gasteiger partial charge < -0.3 is 9.64 Å². The van der Waals surface area contributed by atoms with Gasteiger partial charge in [0, 0.05) is 23.7 Å². The molecule has 4 nitrogen and oxygen atoms in total. The molecule has 1 atom stereocenters. The predicted octanol–water partition coefficient (Wildman–Crippen LogP) is 2.26. The summed E-state index contributed by atoms with van der Waals surface area (Å²) in [7, 11) is 1.37. The summed E-state index contributed by atoms with van der Waals surface area (Å²) in [5.74, 6) is -0.484. The van der Waals surface area contributed by atoms with Crippen molar-refractivity contribution in [2.75, 3.05) is 18.6 Å². The number of hydrogen-bond acceptors (Lipinski definition) is 3. The first-order valence-corrected chi connectivity index (χ1v) is 6.13. The van der Waals surface area contributed by atoms with Crippen molar-refractivity contribution in [1.29, 1.82) is 0 Å². The highest BCUT2D eigenvalue weighted by atomic mass is 35.5. The molecule has 1 unspecified atom stereocenters. The molecular formula is C13H14ClNO3. The monoisotopic (exact) mass is 267 g/mol. The Morgan fingerprint density at radius 1 is 1.39 bits per heavy atom. The highest BCUT2D eigenvalue weighted by molar-refractivity contribution is 6.30. The molecule has 1 amide bonds. The molecule has 0 bridgehead atoms. The number of esters is 1. The van der Waals surface area contributed by atoms with Crippen LogP contribution in [-0.4, -0.2) is 25.5 Å². The van der Waals surface area contributed by atoms with Crippen LogP contribution in [0.4, 0.5) is 5.69 Å². The van der Waals surface area contributed by atoms with Crippen LogP contribution in [0.3, 0.4) is 0 Å². The molecule has 1 aliphatic heterocycles. The van der Waals surface area contributed by atoms with Gasteiger partial charge in [-0.25, -0.2) is 0 Å². The standard InChI is InChI=1S/C13H14ClNO3/c1-18-13(17)9-2-7-12(16)15(8-9)11-5-3-10(14)4-6-11/h3-6,9H,2,7-8H2,1H3. The Hall–Kier alpha value is -1.55. The molecule has 0 N–H and O–H groups in total. The average Bonchev–Trinajstić information content (AvgIpc) is 2.39. The van der Waals surface area contributed by atoms with Gasteiger partial charge in [0.1, 0.15) is 0 Å². The zero-order valence-corrected chi connectivity index (χ0v) is 10.8. The van der Waals surface area contributed by atoms with Crippen molar-refractivity contribution in [3.05, 3.63) is 29.3 Å². The molecule has 2 rings (SSSR count). The lowest BCUT2D eigenvalue weighted by Gasteiger charge is -2.31. The number of carbonyl (C=O) groups excluding carboxylic acids is 2. The van der Waals surface area contributed by atoms with Gasteiger partial charge in [0.25, 0.3) is 0 Å². The maximum absolute atomic E-state index is 11.9. The van der Waals surface area contributed by atoms with E-state index in [-0.39, 0.29) is 17.8 Å². The van der Waals surface area contributed by atoms with Crippen LogP contribution in [0.25, 0.3) is 0 Å². The second-order valence-corrected chi connectivity index (χ2v) is 4.68. The van der Waals surface area contributed by atoms with Crippen molar-refractivity contribution in [3.63, 3.8) is 0 Å². The summed E-state index contributed by atoms with van der Waals surface area (Å²) in [5, 5.41) is 0.618. The maximum atomic E-state index is 11.9. The van der Waals surface area contributed by atoms with E-state index in [1.54, 1.807) is 29.2 Å². The van der Waals surface area contributed by atoms with Gasteiger partial charge >= 0.3 is 5.97 Å². The fraction of sp³-hybridized carbons (Fsp3) is 0.385. The summed E-state index contributed by atoms with van der Waals surface area (Å²) >= 11 is 5.81. The van der Waals surface area contributed by atoms with E-state index in [2.05, 4.69) is 0 Å². The van der Waals surface area contributed by atoms with E-state index >= 15 is 0 Å². The molecule has 96 valence electrons. The first-order valence-electron chi connectivity index (χ1n) is 5.75. The molecule has 0 radical (unpaired) electrons. The van der Waals surface area contributed by atoms with Gasteiger partial charge in [-0.15, -0.1) is 0 Å². The SMILES string of the molecule is COC(=O)C1CCC(=O)N(c2ccc(Cl)cc2)C1. The zero-order chi connectivity index (χ0) is 13.1. The van der Waals surface area contributed by atoms with Gasteiger partial charge in [-0.1, -0.05) is 11.6 Å². The Balaban J connectivity index is 2.17. The smallest absolute Gasteiger partial charge is 0.310 e. The number of piperidine rings is 1. The van der Waals surface area contributed by atoms with Crippen molar-refractivity contribution in [2.45, 2.75) is 12.8 Å². The maximum Gasteiger partial charge on any atom is 0.310 e. The van der Waals surface area contributed by atoms with Crippen molar-refractivity contribution < 1.29 is 14.3 Å². The second-order valence-electron chi connectivity index (χ2n) is 4.24. The molecule has 1 aromatic carbocycles. The van der Waals surface area contributed by atoms with Crippen molar-refractivity contribution in [1.82, 2.24) is 0 Å². The molecule has 18 heavy (non-hydrogen) atoms. The van der Waals surface area contributed by atoms with Crippen LogP contribution in [-0.2, 0) is 14.3 Å². The number of carbonyl (C=O) groups is 2. The van der Waals surface area contributed by atoms with E-state index in [9.17, 15) is 9.59 Å². The molecular weight excluding hydrogens is 254 g/mol. The minimum absolute atomic E-state index is 0.0254. The lowest BCUT2D eigenvalue weighted by molar-refractivity contribution is -0.146. The van der Waals surface area contributed by atoms with Gasteiger partial charge in [-0.05, 0) is 30.7 Å². The molecule has 1 heterocycles. The molecule has 0 saturated carbocycles. The second kappa shape index (κ2) is 5.40. The van der Waals surface area contributed by atoms with Crippen molar-refractivity contribution in [3.8, 4) is 0 Å². The third-order valence-electron chi connectivity index (χ3n) is 3.08. The van der Waals surface area contributed by atoms with Crippen LogP contribution in [0.2, 0.25) is 5.02 Å². The lowest BCUT2D eigenvalue weighted by atomic mass is 9.97. The van der Waals surface area contributed by atoms with Crippen LogP contribution in [0, 0.1) is 5.92 Å². The Morgan fingerprint density at radius 2 is 2.06 bits per heavy atom. The molecule has 1 aromatic rings. The molecule has 0 aromatic heterocycles. The number of nitrogens with zero attached hydrogens (tertiary/aromatic N) is 1. The van der Waals surface area contributed by atoms with E-state index in [1.807, 2.05) is 0 Å². The number of hydrogen-bond donors (Lipinski definition) is 0. The average molecular weight is 268 g/mol. The molecule has 0 aliphatic carbocycles. The largest absolute Gasteiger partial charge is 0.469 e. The van der Waals surface area contributed by atoms with E-state index in [0.29, 0.717) is 24.4 Å². The minimum atomic E-state index is -0.263. The molecule has 1 aliphatic rings. The quantitative estimate of drug-likeness (QED) is 0.772. The Labute approximate surface area is 110 Å². The van der Waals surface area contributed by atoms with Crippen LogP contribution in [0.15, 0.2) is 24.3 Å². The number of methoxy groups -OCH3 is 1. The number of amides is 1. The number of benzene rings is 1. The van der Waals surface area contributed by atoms with Crippen LogP contribution in [0.1, 0.15) is 12.8 Å². The van der Waals surface area contributed by atoms with Gasteiger partial charge in [-0.2, -0.15) is 0 Å². The first kappa shape index (κ1) is 12.9. The fourth-order valence-electron chi connectivity index (χ4n) is 2.08. The van der Waals surface area contributed by atoms with Gasteiger partial charge in [0.2, 0.25) is 5.91 Å². The van der Waals surface area contributed by atoms with Crippen molar-refractivity contribution >= 4 is 29.2 Å². The van der Waals surface area contributed by atoms with Crippen molar-refractivity contribution in [2.24, 2.45) is 5.92 Å². The van der Waals surface area contributed by atoms with E-state index in [1.165, 1.54) is 7.11 Å². The molecule has 0 spiro atoms. The van der Waals surface area contributed by atoms with Gasteiger partial charge in [-0.3, -0.25) is 9.59 Å². The topological polar surface area (TPSA) is 46.6 Å². The Kier molecular flexibility index (Phi) is 3.87. The summed E-state index contributed by atoms with van der Waals surface area (Å²) in [6.45, 7) is 0.368. The van der Waals surface area contributed by atoms with E-state index in [0.717, 1.165) is 5.69 Å². The van der Waals surface area contributed by atoms with E-state index < -0.39 is 0 Å². The number of anilines is 1. The molecule has 5 heteroatoms. The first-order chi connectivity index (χ1) is 8.61. The third kappa shape index (κ3) is 2.64. The summed E-state index contributed by atoms with van der Waals surface area (Å²) in [6.07, 6.45) is 0.915. The lowest BCUT2D eigenvalue weighted by Crippen LogP contribution is -2.43. The minimum Gasteiger partial charge on any atom is -0.469 e. The van der Waals surface area contributed by atoms with Crippen LogP contribution in [0.5, 0.6) is 0 Å². The Morgan fingerprint density at radius 3 is 2.67 bits per heavy atom. The molecule has 1 saturated heterocycles. The Bertz CT molecular complexity index is 458. The summed E-state index contributed by atoms with van der Waals surface area (Å²) in [4.78, 5) is 25.0. The number of ether oxygens (including phenoxy) is 1. The highest BCUT2D eigenvalue weighted by Gasteiger charge is 2.31. The predicted molar refractivity (Wildman–Crippen MR) is 68.5 cm³/mol. The summed E-state index contributed by atoms with van der Waals surface area (Å²) < 4.78 is 4.73. The third-order valence-corrected chi connectivity index (χ3v) is 3.34. The normalized spacial score (nSPS) is 19.8.